The van der Waals surface area contributed by atoms with E-state index in [1.165, 1.54) is 25.0 Å². The number of carbonyl (C=O) groups is 2. The normalized spacial score (nSPS) is 9.28. The van der Waals surface area contributed by atoms with Crippen molar-refractivity contribution >= 4 is 17.6 Å². The van der Waals surface area contributed by atoms with Crippen molar-refractivity contribution in [2.75, 3.05) is 5.73 Å². The Labute approximate surface area is 107 Å². The molecule has 0 heterocycles. The topological polar surface area (TPSA) is 106 Å². The van der Waals surface area contributed by atoms with Crippen molar-refractivity contribution in [3.63, 3.8) is 0 Å². The minimum absolute atomic E-state index is 0.0764. The van der Waals surface area contributed by atoms with Crippen LogP contribution in [0.15, 0.2) is 12.1 Å². The molecule has 100 valence electrons. The third kappa shape index (κ3) is 4.45. The molecule has 0 fully saturated rings. The van der Waals surface area contributed by atoms with Crippen molar-refractivity contribution in [3.8, 4) is 0 Å². The van der Waals surface area contributed by atoms with Crippen molar-refractivity contribution in [2.24, 2.45) is 5.73 Å². The SMILES string of the molecule is CCCC.Cc1cc(C(N)=O)c(N)cc1C(=O)O. The number of nitrogen functional groups attached to an aromatic ring is 1. The van der Waals surface area contributed by atoms with Gasteiger partial charge in [0.15, 0.2) is 0 Å². The minimum Gasteiger partial charge on any atom is -0.478 e. The summed E-state index contributed by atoms with van der Waals surface area (Å²) in [4.78, 5) is 21.5. The van der Waals surface area contributed by atoms with Crippen LogP contribution in [0.4, 0.5) is 5.69 Å². The quantitative estimate of drug-likeness (QED) is 0.716. The zero-order valence-electron chi connectivity index (χ0n) is 11.0. The average Bonchev–Trinajstić information content (AvgIpc) is 2.31. The molecule has 0 atom stereocenters. The monoisotopic (exact) mass is 252 g/mol. The van der Waals surface area contributed by atoms with Gasteiger partial charge in [-0.1, -0.05) is 26.7 Å². The number of anilines is 1. The van der Waals surface area contributed by atoms with Crippen molar-refractivity contribution in [1.29, 1.82) is 0 Å². The molecule has 18 heavy (non-hydrogen) atoms. The molecule has 0 radical (unpaired) electrons. The van der Waals surface area contributed by atoms with Gasteiger partial charge in [0.25, 0.3) is 5.91 Å². The number of carbonyl (C=O) groups excluding carboxylic acids is 1. The fourth-order valence-electron chi connectivity index (χ4n) is 1.17. The second-order valence-corrected chi connectivity index (χ2v) is 3.92. The zero-order valence-corrected chi connectivity index (χ0v) is 11.0. The lowest BCUT2D eigenvalue weighted by molar-refractivity contribution is 0.0695. The molecule has 5 heteroatoms. The molecule has 5 N–H and O–H groups in total. The van der Waals surface area contributed by atoms with E-state index in [4.69, 9.17) is 16.6 Å². The van der Waals surface area contributed by atoms with Crippen molar-refractivity contribution in [1.82, 2.24) is 0 Å². The van der Waals surface area contributed by atoms with Crippen LogP contribution in [0.5, 0.6) is 0 Å². The lowest BCUT2D eigenvalue weighted by Crippen LogP contribution is -2.15. The number of aryl methyl sites for hydroxylation is 1. The van der Waals surface area contributed by atoms with E-state index in [1.807, 2.05) is 0 Å². The van der Waals surface area contributed by atoms with Gasteiger partial charge in [0, 0.05) is 5.69 Å². The Morgan fingerprint density at radius 3 is 2.00 bits per heavy atom. The van der Waals surface area contributed by atoms with Crippen LogP contribution < -0.4 is 11.5 Å². The molecule has 0 spiro atoms. The predicted molar refractivity (Wildman–Crippen MR) is 71.7 cm³/mol. The molecule has 0 aromatic heterocycles. The molecule has 0 saturated carbocycles. The van der Waals surface area contributed by atoms with Crippen LogP contribution >= 0.6 is 0 Å². The maximum absolute atomic E-state index is 10.8. The second-order valence-electron chi connectivity index (χ2n) is 3.92. The van der Waals surface area contributed by atoms with E-state index in [1.54, 1.807) is 6.92 Å². The molecule has 0 aliphatic rings. The summed E-state index contributed by atoms with van der Waals surface area (Å²) in [5, 5.41) is 8.75. The van der Waals surface area contributed by atoms with E-state index in [-0.39, 0.29) is 16.8 Å². The highest BCUT2D eigenvalue weighted by Crippen LogP contribution is 2.18. The summed E-state index contributed by atoms with van der Waals surface area (Å²) in [6, 6.07) is 2.61. The van der Waals surface area contributed by atoms with Crippen molar-refractivity contribution in [3.05, 3.63) is 28.8 Å². The van der Waals surface area contributed by atoms with Gasteiger partial charge in [-0.15, -0.1) is 0 Å². The number of unbranched alkanes of at least 4 members (excludes halogenated alkanes) is 1. The summed E-state index contributed by atoms with van der Waals surface area (Å²) in [5.74, 6) is -1.74. The highest BCUT2D eigenvalue weighted by molar-refractivity contribution is 6.00. The van der Waals surface area contributed by atoms with Gasteiger partial charge >= 0.3 is 5.97 Å². The van der Waals surface area contributed by atoms with Crippen LogP contribution in [0.3, 0.4) is 0 Å². The van der Waals surface area contributed by atoms with E-state index in [9.17, 15) is 9.59 Å². The Morgan fingerprint density at radius 2 is 1.67 bits per heavy atom. The van der Waals surface area contributed by atoms with E-state index >= 15 is 0 Å². The van der Waals surface area contributed by atoms with Crippen LogP contribution in [-0.2, 0) is 0 Å². The van der Waals surface area contributed by atoms with Crippen molar-refractivity contribution < 1.29 is 14.7 Å². The van der Waals surface area contributed by atoms with Crippen LogP contribution in [0.1, 0.15) is 53.0 Å². The van der Waals surface area contributed by atoms with Gasteiger partial charge in [-0.25, -0.2) is 4.79 Å². The number of nitrogens with two attached hydrogens (primary N) is 2. The minimum atomic E-state index is -1.08. The summed E-state index contributed by atoms with van der Waals surface area (Å²) >= 11 is 0. The van der Waals surface area contributed by atoms with E-state index in [2.05, 4.69) is 13.8 Å². The lowest BCUT2D eigenvalue weighted by Gasteiger charge is -2.06. The van der Waals surface area contributed by atoms with Gasteiger partial charge in [0.1, 0.15) is 0 Å². The molecular formula is C13H20N2O3. The van der Waals surface area contributed by atoms with Crippen LogP contribution in [0, 0.1) is 6.92 Å². The maximum Gasteiger partial charge on any atom is 0.336 e. The molecule has 0 saturated heterocycles. The first kappa shape index (κ1) is 16.0. The first-order chi connectivity index (χ1) is 8.34. The molecule has 0 bridgehead atoms. The highest BCUT2D eigenvalue weighted by atomic mass is 16.4. The molecule has 1 rings (SSSR count). The van der Waals surface area contributed by atoms with Crippen LogP contribution in [-0.4, -0.2) is 17.0 Å². The molecule has 1 aromatic carbocycles. The Balaban J connectivity index is 0.000000631. The number of hydrogen-bond donors (Lipinski definition) is 3. The number of carboxylic acid groups (broad SMARTS) is 1. The second kappa shape index (κ2) is 7.32. The zero-order chi connectivity index (χ0) is 14.3. The molecule has 0 unspecified atom stereocenters. The molecular weight excluding hydrogens is 232 g/mol. The summed E-state index contributed by atoms with van der Waals surface area (Å²) in [5.41, 5.74) is 11.3. The van der Waals surface area contributed by atoms with Gasteiger partial charge < -0.3 is 16.6 Å². The third-order valence-corrected chi connectivity index (χ3v) is 2.39. The molecule has 5 nitrogen and oxygen atoms in total. The first-order valence-electron chi connectivity index (χ1n) is 5.78. The average molecular weight is 252 g/mol. The largest absolute Gasteiger partial charge is 0.478 e. The smallest absolute Gasteiger partial charge is 0.336 e. The molecule has 0 aliphatic heterocycles. The number of benzene rings is 1. The van der Waals surface area contributed by atoms with Gasteiger partial charge in [-0.05, 0) is 24.6 Å². The Morgan fingerprint density at radius 1 is 1.17 bits per heavy atom. The predicted octanol–water partition coefficient (Wildman–Crippen LogP) is 2.18. The lowest BCUT2D eigenvalue weighted by atomic mass is 10.0. The Bertz CT molecular complexity index is 400. The first-order valence-corrected chi connectivity index (χ1v) is 5.78. The number of rotatable bonds is 3. The summed E-state index contributed by atoms with van der Waals surface area (Å²) in [6.45, 7) is 5.94. The van der Waals surface area contributed by atoms with E-state index < -0.39 is 11.9 Å². The standard InChI is InChI=1S/C9H10N2O3.C4H10/c1-4-2-6(8(11)12)7(10)3-5(4)9(13)14;1-3-4-2/h2-3H,10H2,1H3,(H2,11,12)(H,13,14);3-4H2,1-2H3. The van der Waals surface area contributed by atoms with E-state index in [0.717, 1.165) is 0 Å². The van der Waals surface area contributed by atoms with E-state index in [0.29, 0.717) is 5.56 Å². The maximum atomic E-state index is 10.8. The number of aromatic carboxylic acids is 1. The van der Waals surface area contributed by atoms with Crippen molar-refractivity contribution in [2.45, 2.75) is 33.6 Å². The third-order valence-electron chi connectivity index (χ3n) is 2.39. The number of carboxylic acids is 1. The van der Waals surface area contributed by atoms with Gasteiger partial charge in [-0.2, -0.15) is 0 Å². The number of hydrogen-bond acceptors (Lipinski definition) is 3. The fourth-order valence-corrected chi connectivity index (χ4v) is 1.17. The number of primary amides is 1. The Hall–Kier alpha value is -2.04. The summed E-state index contributed by atoms with van der Waals surface area (Å²) < 4.78 is 0. The van der Waals surface area contributed by atoms with Gasteiger partial charge in [0.2, 0.25) is 0 Å². The molecule has 1 aromatic rings. The van der Waals surface area contributed by atoms with Crippen LogP contribution in [0.2, 0.25) is 0 Å². The van der Waals surface area contributed by atoms with Gasteiger partial charge in [0.05, 0.1) is 11.1 Å². The molecule has 1 amide bonds. The highest BCUT2D eigenvalue weighted by Gasteiger charge is 2.13. The van der Waals surface area contributed by atoms with Crippen LogP contribution in [0.25, 0.3) is 0 Å². The Kier molecular flexibility index (Phi) is 6.49. The summed E-state index contributed by atoms with van der Waals surface area (Å²) in [7, 11) is 0. The molecule has 0 aliphatic carbocycles. The number of amides is 1. The summed E-state index contributed by atoms with van der Waals surface area (Å²) in [6.07, 6.45) is 2.64. The fraction of sp³-hybridized carbons (Fsp3) is 0.385. The van der Waals surface area contributed by atoms with Gasteiger partial charge in [-0.3, -0.25) is 4.79 Å².